The van der Waals surface area contributed by atoms with Crippen LogP contribution in [0, 0.1) is 59.0 Å². The summed E-state index contributed by atoms with van der Waals surface area (Å²) in [5.41, 5.74) is 3.99. The molecule has 10 rings (SSSR count). The van der Waals surface area contributed by atoms with Gasteiger partial charge in [0.15, 0.2) is 18.3 Å². The molecule has 112 heavy (non-hydrogen) atoms. The van der Waals surface area contributed by atoms with Crippen molar-refractivity contribution in [2.24, 2.45) is 47.3 Å². The average Bonchev–Trinajstić information content (AvgIpc) is 1.63. The number of aliphatic hydroxyl groups excluding tert-OH is 5. The summed E-state index contributed by atoms with van der Waals surface area (Å²) in [6, 6.07) is 9.60. The fourth-order valence-electron chi connectivity index (χ4n) is 15.1. The van der Waals surface area contributed by atoms with Gasteiger partial charge in [-0.1, -0.05) is 30.7 Å². The van der Waals surface area contributed by atoms with E-state index in [0.717, 1.165) is 140 Å². The van der Waals surface area contributed by atoms with Gasteiger partial charge in [0.25, 0.3) is 0 Å². The summed E-state index contributed by atoms with van der Waals surface area (Å²) in [6.45, 7) is 14.4. The normalized spacial score (nSPS) is 20.6. The molecule has 12 atom stereocenters. The maximum Gasteiger partial charge on any atom is 0.307 e. The van der Waals surface area contributed by atoms with Crippen LogP contribution in [0.1, 0.15) is 145 Å². The van der Waals surface area contributed by atoms with Crippen molar-refractivity contribution in [2.45, 2.75) is 200 Å². The van der Waals surface area contributed by atoms with E-state index in [1.807, 2.05) is 30.9 Å². The number of nitrogens with zero attached hydrogens (tertiary/aromatic N) is 7. The number of halogens is 2. The number of rotatable bonds is 41. The van der Waals surface area contributed by atoms with Crippen molar-refractivity contribution >= 4 is 53.6 Å². The number of carboxylic acids is 1. The van der Waals surface area contributed by atoms with Crippen LogP contribution in [0.5, 0.6) is 0 Å². The van der Waals surface area contributed by atoms with E-state index in [1.54, 1.807) is 31.3 Å². The van der Waals surface area contributed by atoms with Crippen molar-refractivity contribution in [3.05, 3.63) is 106 Å². The smallest absolute Gasteiger partial charge is 0.307 e. The zero-order valence-electron chi connectivity index (χ0n) is 65.3. The number of aliphatic carboxylic acids is 1. The first-order chi connectivity index (χ1) is 53.7. The number of esters is 5. The maximum atomic E-state index is 14.9. The van der Waals surface area contributed by atoms with E-state index in [-0.39, 0.29) is 36.7 Å². The maximum absolute atomic E-state index is 14.9. The number of ether oxygens (including phenoxy) is 9. The number of likely N-dealkylation sites (tertiary alicyclic amines) is 1. The van der Waals surface area contributed by atoms with Crippen LogP contribution in [0.25, 0.3) is 0 Å². The highest BCUT2D eigenvalue weighted by atomic mass is 19.1. The van der Waals surface area contributed by atoms with Gasteiger partial charge in [0.05, 0.1) is 65.2 Å². The summed E-state index contributed by atoms with van der Waals surface area (Å²) in [5, 5.41) is 60.0. The molecule has 0 unspecified atom stereocenters. The number of aromatic nitrogens is 4. The predicted octanol–water partition coefficient (Wildman–Crippen LogP) is 5.56. The molecule has 0 spiro atoms. The number of carbonyl (C=O) groups excluding carboxylic acids is 6. The number of piperidine rings is 2. The van der Waals surface area contributed by atoms with Gasteiger partial charge in [-0.25, -0.2) is 28.7 Å². The van der Waals surface area contributed by atoms with Gasteiger partial charge >= 0.3 is 35.8 Å². The van der Waals surface area contributed by atoms with Gasteiger partial charge in [-0.2, -0.15) is 0 Å². The van der Waals surface area contributed by atoms with E-state index in [2.05, 4.69) is 35.1 Å². The van der Waals surface area contributed by atoms with Crippen LogP contribution >= 0.6 is 0 Å². The molecule has 7 N–H and O–H groups in total. The number of aliphatic hydroxyl groups is 5. The van der Waals surface area contributed by atoms with Crippen molar-refractivity contribution in [1.29, 1.82) is 0 Å². The number of carbonyl (C=O) groups is 7. The monoisotopic (exact) mass is 1580 g/mol. The Morgan fingerprint density at radius 2 is 0.982 bits per heavy atom. The first-order valence-corrected chi connectivity index (χ1v) is 38.8. The minimum Gasteiger partial charge on any atom is -0.481 e. The van der Waals surface area contributed by atoms with Crippen LogP contribution in [0.3, 0.4) is 0 Å². The molecule has 0 radical (unpaired) electrons. The van der Waals surface area contributed by atoms with Crippen LogP contribution in [0.2, 0.25) is 0 Å². The zero-order chi connectivity index (χ0) is 81.0. The van der Waals surface area contributed by atoms with Gasteiger partial charge in [0.2, 0.25) is 17.8 Å². The Labute approximate surface area is 652 Å². The van der Waals surface area contributed by atoms with Gasteiger partial charge in [-0.05, 0) is 165 Å². The molecule has 30 nitrogen and oxygen atoms in total. The van der Waals surface area contributed by atoms with Crippen molar-refractivity contribution in [1.82, 2.24) is 30.2 Å². The van der Waals surface area contributed by atoms with Gasteiger partial charge in [-0.15, -0.1) is 0 Å². The molecular formula is C80H114F2N8O22. The second-order valence-corrected chi connectivity index (χ2v) is 30.3. The average molecular weight is 1580 g/mol. The van der Waals surface area contributed by atoms with E-state index in [9.17, 15) is 62.8 Å². The highest BCUT2D eigenvalue weighted by Gasteiger charge is 2.47. The molecule has 4 saturated heterocycles. The summed E-state index contributed by atoms with van der Waals surface area (Å²) in [7, 11) is 3.32. The van der Waals surface area contributed by atoms with Crippen LogP contribution in [-0.4, -0.2) is 239 Å². The molecule has 2 aromatic carbocycles. The van der Waals surface area contributed by atoms with Gasteiger partial charge < -0.3 is 93.3 Å². The van der Waals surface area contributed by atoms with E-state index in [0.29, 0.717) is 119 Å². The number of benzene rings is 2. The molecule has 32 heteroatoms. The fourth-order valence-corrected chi connectivity index (χ4v) is 15.1. The minimum absolute atomic E-state index is 0.0104. The summed E-state index contributed by atoms with van der Waals surface area (Å²) < 4.78 is 77.3. The van der Waals surface area contributed by atoms with Crippen molar-refractivity contribution in [2.75, 3.05) is 103 Å². The fraction of sp³-hybridized carbons (Fsp3) is 0.662. The molecular weight excluding hydrogens is 1460 g/mol. The van der Waals surface area contributed by atoms with Crippen LogP contribution < -0.4 is 15.1 Å². The highest BCUT2D eigenvalue weighted by Crippen LogP contribution is 2.49. The third-order valence-electron chi connectivity index (χ3n) is 21.4. The Kier molecular flexibility index (Phi) is 36.1. The topological polar surface area (TPSA) is 397 Å². The zero-order valence-corrected chi connectivity index (χ0v) is 65.3. The van der Waals surface area contributed by atoms with E-state index in [4.69, 9.17) is 52.8 Å². The third kappa shape index (κ3) is 29.1. The first kappa shape index (κ1) is 89.5. The predicted molar refractivity (Wildman–Crippen MR) is 400 cm³/mol. The van der Waals surface area contributed by atoms with E-state index >= 15 is 0 Å². The Morgan fingerprint density at radius 3 is 1.40 bits per heavy atom. The van der Waals surface area contributed by atoms with Crippen molar-refractivity contribution < 1.29 is 116 Å². The number of amides is 1. The third-order valence-corrected chi connectivity index (χ3v) is 21.4. The number of carboxylic acid groups (broad SMARTS) is 1. The SMILES string of the molecule is CC(=O)OC[C@@H](OC(C)=O)[C@@H](OC(C)=O)[C@H](OC(C)=O)[C@H](CCCC1CNC1)OC(C)=O.COCc1cnc(N2CCC([C@H]3C[C@H]3COCc3ccc(CC(=O)N4CC(CCC[C@H](O)[C@@H](O)[C@H](O)[C@H](O)CO)C4)c(F)c3)CC2)nc1.COCc1cnc(N2CCC([C@H]3C[C@H]3COCc3ccc(CC(=O)O)c(F)c3)CC2)nc1. The standard InChI is InChI=1S/C35H51FN4O8.C24H30FN3O4.C21H33NO10/c1-47-19-24-14-37-35(38-15-24)39-9-7-25(8-10-39)28-12-27(28)21-48-20-22-5-6-26(29(36)11-22)13-32(44)40-16-23(17-40)3-2-4-30(42)33(45)34(46)31(43)18-41;1-31-13-17-11-26-24(27-12-17)28-6-4-18(5-7-28)21-9-20(21)15-32-14-16-2-3-19(10-23(29)30)22(25)8-16;1-12(23)28-11-19(30-14(3)25)21(32-16(5)27)20(31-15(4)26)18(29-13(2)24)8-6-7-17-9-22-10-17/h5-6,11,14-15,23,25,27-28,30-31,33-34,41-43,45-46H,2-4,7-10,12-13,16-21H2,1H3;2-3,8,11-12,18,20-21H,4-7,9-10,13-15H2,1H3,(H,29,30);17-22H,6-11H2,1-5H3/t27-,28+,30-,31+,33+,34+;20-,21+;18-,19+,20+,21+/m000/s1. The Bertz CT molecular complexity index is 3620. The Hall–Kier alpha value is -8.05. The molecule has 6 heterocycles. The lowest BCUT2D eigenvalue weighted by Gasteiger charge is -2.39. The minimum atomic E-state index is -1.63. The highest BCUT2D eigenvalue weighted by molar-refractivity contribution is 5.79. The lowest BCUT2D eigenvalue weighted by Crippen LogP contribution is -2.53. The largest absolute Gasteiger partial charge is 0.481 e. The number of methoxy groups -OCH3 is 2. The Morgan fingerprint density at radius 1 is 0.545 bits per heavy atom. The van der Waals surface area contributed by atoms with Gasteiger partial charge in [0.1, 0.15) is 42.7 Å². The molecule has 2 aliphatic carbocycles. The molecule has 4 aliphatic heterocycles. The van der Waals surface area contributed by atoms with Gasteiger partial charge in [-0.3, -0.25) is 33.6 Å². The summed E-state index contributed by atoms with van der Waals surface area (Å²) >= 11 is 0. The second kappa shape index (κ2) is 45.1. The molecule has 4 aromatic rings. The van der Waals surface area contributed by atoms with Crippen molar-refractivity contribution in [3.8, 4) is 0 Å². The molecule has 6 aliphatic rings. The van der Waals surface area contributed by atoms with Crippen LogP contribution in [0.15, 0.2) is 61.2 Å². The van der Waals surface area contributed by atoms with E-state index < -0.39 is 109 Å². The molecule has 6 fully saturated rings. The quantitative estimate of drug-likeness (QED) is 0.0211. The van der Waals surface area contributed by atoms with Crippen LogP contribution in [-0.2, 0) is 115 Å². The lowest BCUT2D eigenvalue weighted by molar-refractivity contribution is -0.203. The molecule has 2 saturated carbocycles. The molecule has 620 valence electrons. The summed E-state index contributed by atoms with van der Waals surface area (Å²) in [4.78, 5) is 106. The molecule has 0 bridgehead atoms. The molecule has 2 aromatic heterocycles. The van der Waals surface area contributed by atoms with Crippen molar-refractivity contribution in [3.63, 3.8) is 0 Å². The summed E-state index contributed by atoms with van der Waals surface area (Å²) in [6.07, 6.45) is 6.30. The number of hydrogen-bond acceptors (Lipinski definition) is 28. The number of hydrogen-bond donors (Lipinski definition) is 7. The van der Waals surface area contributed by atoms with Gasteiger partial charge in [0, 0.05) is 124 Å². The molecule has 1 amide bonds. The summed E-state index contributed by atoms with van der Waals surface area (Å²) in [5.74, 6) is 0.659. The van der Waals surface area contributed by atoms with Crippen LogP contribution in [0.4, 0.5) is 20.7 Å². The first-order valence-electron chi connectivity index (χ1n) is 38.8. The lowest BCUT2D eigenvalue weighted by atomic mass is 9.91. The second-order valence-electron chi connectivity index (χ2n) is 30.3. The number of nitrogens with one attached hydrogen (secondary N) is 1. The Balaban J connectivity index is 0.000000218. The van der Waals surface area contributed by atoms with E-state index in [1.165, 1.54) is 38.0 Å². The number of anilines is 2.